The number of rotatable bonds is 14. The van der Waals surface area contributed by atoms with Gasteiger partial charge in [0, 0.05) is 62.2 Å². The van der Waals surface area contributed by atoms with E-state index in [-0.39, 0.29) is 73.6 Å². The first-order valence-electron chi connectivity index (χ1n) is 14.3. The molecule has 0 aliphatic heterocycles. The Hall–Kier alpha value is -3.18. The zero-order valence-electron chi connectivity index (χ0n) is 25.2. The number of benzene rings is 2. The molecule has 3 rings (SSSR count). The molecule has 0 saturated heterocycles. The van der Waals surface area contributed by atoms with Crippen molar-refractivity contribution in [1.82, 2.24) is 14.8 Å². The third-order valence-corrected chi connectivity index (χ3v) is 7.92. The van der Waals surface area contributed by atoms with Crippen LogP contribution in [0.3, 0.4) is 0 Å². The van der Waals surface area contributed by atoms with Crippen LogP contribution in [-0.2, 0) is 38.0 Å². The van der Waals surface area contributed by atoms with Crippen LogP contribution in [0.5, 0.6) is 0 Å². The van der Waals surface area contributed by atoms with Crippen LogP contribution >= 0.6 is 11.6 Å². The van der Waals surface area contributed by atoms with E-state index in [9.17, 15) is 27.6 Å². The summed E-state index contributed by atoms with van der Waals surface area (Å²) < 4.78 is 37.2. The van der Waals surface area contributed by atoms with Gasteiger partial charge < -0.3 is 19.5 Å². The quantitative estimate of drug-likeness (QED) is 0.0866. The van der Waals surface area contributed by atoms with E-state index >= 15 is 0 Å². The van der Waals surface area contributed by atoms with Gasteiger partial charge in [-0.05, 0) is 48.7 Å². The molecule has 1 heterocycles. The normalized spacial score (nSPS) is 10.8. The van der Waals surface area contributed by atoms with Crippen molar-refractivity contribution >= 4 is 80.0 Å². The molecule has 0 aliphatic carbocycles. The van der Waals surface area contributed by atoms with Gasteiger partial charge in [0.25, 0.3) is 16.0 Å². The van der Waals surface area contributed by atoms with Gasteiger partial charge in [-0.3, -0.25) is 23.7 Å². The Kier molecular flexibility index (Phi) is 16.0. The first kappa shape index (κ1) is 39.0. The first-order valence-corrected chi connectivity index (χ1v) is 16.3. The maximum atomic E-state index is 13.2. The molecule has 242 valence electrons. The number of pyridine rings is 1. The number of esters is 1. The molecule has 3 aromatic rings. The van der Waals surface area contributed by atoms with Crippen molar-refractivity contribution in [3.63, 3.8) is 0 Å². The fourth-order valence-corrected chi connectivity index (χ4v) is 5.04. The summed E-state index contributed by atoms with van der Waals surface area (Å²) in [5.41, 5.74) is 1.61. The van der Waals surface area contributed by atoms with Gasteiger partial charge in [-0.2, -0.15) is 8.42 Å². The Morgan fingerprint density at radius 1 is 1.04 bits per heavy atom. The molecule has 0 saturated carbocycles. The molecular weight excluding hydrogens is 645 g/mol. The van der Waals surface area contributed by atoms with Crippen LogP contribution in [0.25, 0.3) is 10.9 Å². The Morgan fingerprint density at radius 3 is 2.39 bits per heavy atom. The number of hydrogen-bond acceptors (Lipinski definition) is 7. The average Bonchev–Trinajstić information content (AvgIpc) is 3.00. The van der Waals surface area contributed by atoms with Crippen molar-refractivity contribution in [2.24, 2.45) is 7.05 Å². The molecule has 0 fully saturated rings. The standard InChI is InChI=1S/C32H36ClN3O8S.Na.H/c1-35(17-19-45(41,42)43)29(37)9-5-3-4-6-10-30(38)44-18-7-8-23-13-16-28-26(20-23)31(39)27(22-36(28)2)32(40)34-21-24-11-14-25(33)15-12-24;;/h11-16,20,22H,3-6,9-10,17-19,21H2,1-2H3,(H,34,40)(H,41,42,43);;. The number of hydrogen-bond donors (Lipinski definition) is 2. The fraction of sp³-hybridized carbons (Fsp3) is 0.375. The van der Waals surface area contributed by atoms with Crippen molar-refractivity contribution < 1.29 is 32.1 Å². The number of nitrogens with zero attached hydrogens (tertiary/aromatic N) is 2. The number of aryl methyl sites for hydroxylation is 1. The van der Waals surface area contributed by atoms with Crippen LogP contribution in [0.4, 0.5) is 0 Å². The number of ether oxygens (including phenoxy) is 1. The minimum absolute atomic E-state index is 0. The van der Waals surface area contributed by atoms with Gasteiger partial charge >= 0.3 is 35.5 Å². The molecule has 0 radical (unpaired) electrons. The van der Waals surface area contributed by atoms with Gasteiger partial charge in [-0.15, -0.1) is 0 Å². The summed E-state index contributed by atoms with van der Waals surface area (Å²) in [4.78, 5) is 51.3. The number of unbranched alkanes of at least 4 members (excludes halogenated alkanes) is 3. The summed E-state index contributed by atoms with van der Waals surface area (Å²) in [5, 5.41) is 3.69. The van der Waals surface area contributed by atoms with Crippen molar-refractivity contribution in [3.05, 3.63) is 80.6 Å². The number of amides is 2. The Labute approximate surface area is 295 Å². The second-order valence-corrected chi connectivity index (χ2v) is 12.5. The van der Waals surface area contributed by atoms with Gasteiger partial charge in [-0.1, -0.05) is 48.4 Å². The van der Waals surface area contributed by atoms with Crippen molar-refractivity contribution in [2.75, 3.05) is 26.0 Å². The number of nitrogens with one attached hydrogen (secondary N) is 1. The van der Waals surface area contributed by atoms with Crippen LogP contribution in [0, 0.1) is 11.8 Å². The third kappa shape index (κ3) is 12.9. The third-order valence-electron chi connectivity index (χ3n) is 6.97. The summed E-state index contributed by atoms with van der Waals surface area (Å²) in [6, 6.07) is 12.1. The maximum absolute atomic E-state index is 13.2. The van der Waals surface area contributed by atoms with Gasteiger partial charge in [0.05, 0.1) is 11.3 Å². The summed E-state index contributed by atoms with van der Waals surface area (Å²) >= 11 is 5.90. The molecule has 0 unspecified atom stereocenters. The predicted molar refractivity (Wildman–Crippen MR) is 179 cm³/mol. The van der Waals surface area contributed by atoms with Gasteiger partial charge in [0.1, 0.15) is 5.56 Å². The average molecular weight is 682 g/mol. The SMILES string of the molecule is CN(CCS(=O)(=O)O)C(=O)CCCCCCC(=O)OCC#Cc1ccc2c(c1)c(=O)c(C(=O)NCc1ccc(Cl)cc1)cn2C.[NaH]. The molecule has 2 amide bonds. The van der Waals surface area contributed by atoms with Crippen LogP contribution in [0.1, 0.15) is 60.0 Å². The number of aromatic nitrogens is 1. The molecule has 11 nitrogen and oxygen atoms in total. The second kappa shape index (κ2) is 18.8. The number of halogens is 1. The topological polar surface area (TPSA) is 152 Å². The Morgan fingerprint density at radius 2 is 1.72 bits per heavy atom. The van der Waals surface area contributed by atoms with Crippen LogP contribution in [0.15, 0.2) is 53.5 Å². The predicted octanol–water partition coefficient (Wildman–Crippen LogP) is 3.05. The molecule has 0 bridgehead atoms. The van der Waals surface area contributed by atoms with E-state index in [1.165, 1.54) is 18.1 Å². The fourth-order valence-electron chi connectivity index (χ4n) is 4.41. The monoisotopic (exact) mass is 681 g/mol. The number of fused-ring (bicyclic) bond motifs is 1. The number of carbonyl (C=O) groups is 3. The first-order chi connectivity index (χ1) is 21.3. The molecule has 0 spiro atoms. The molecule has 0 aliphatic rings. The van der Waals surface area contributed by atoms with Crippen LogP contribution in [0.2, 0.25) is 5.02 Å². The van der Waals surface area contributed by atoms with Crippen LogP contribution < -0.4 is 10.7 Å². The zero-order valence-corrected chi connectivity index (χ0v) is 26.7. The van der Waals surface area contributed by atoms with E-state index in [1.54, 1.807) is 54.1 Å². The number of carbonyl (C=O) groups excluding carboxylic acids is 3. The van der Waals surface area contributed by atoms with Gasteiger partial charge in [-0.25, -0.2) is 0 Å². The van der Waals surface area contributed by atoms with Gasteiger partial charge in [0.2, 0.25) is 11.3 Å². The van der Waals surface area contributed by atoms with E-state index in [1.807, 2.05) is 0 Å². The zero-order chi connectivity index (χ0) is 33.0. The van der Waals surface area contributed by atoms with E-state index in [2.05, 4.69) is 17.2 Å². The molecule has 14 heteroatoms. The minimum atomic E-state index is -4.11. The molecule has 2 N–H and O–H groups in total. The second-order valence-electron chi connectivity index (χ2n) is 10.5. The Bertz CT molecular complexity index is 1770. The van der Waals surface area contributed by atoms with E-state index in [0.29, 0.717) is 34.3 Å². The summed E-state index contributed by atoms with van der Waals surface area (Å²) in [5.74, 6) is 4.07. The molecule has 2 aromatic carbocycles. The Balaban J connectivity index is 0.00000736. The summed E-state index contributed by atoms with van der Waals surface area (Å²) in [6.07, 6.45) is 4.58. The van der Waals surface area contributed by atoms with Crippen molar-refractivity contribution in [1.29, 1.82) is 0 Å². The van der Waals surface area contributed by atoms with Crippen molar-refractivity contribution in [3.8, 4) is 11.8 Å². The van der Waals surface area contributed by atoms with Gasteiger partial charge in [0.15, 0.2) is 6.61 Å². The molecular formula is C32H37ClN3NaO8S. The molecule has 46 heavy (non-hydrogen) atoms. The van der Waals surface area contributed by atoms with E-state index < -0.39 is 33.2 Å². The molecule has 1 aromatic heterocycles. The van der Waals surface area contributed by atoms with E-state index in [4.69, 9.17) is 20.9 Å². The summed E-state index contributed by atoms with van der Waals surface area (Å²) in [6.45, 7) is 0.0501. The van der Waals surface area contributed by atoms with E-state index in [0.717, 1.165) is 18.4 Å². The summed E-state index contributed by atoms with van der Waals surface area (Å²) in [7, 11) is -0.884. The van der Waals surface area contributed by atoms with Crippen molar-refractivity contribution in [2.45, 2.75) is 45.1 Å². The van der Waals surface area contributed by atoms with Crippen LogP contribution in [-0.4, -0.2) is 95.7 Å². The molecule has 0 atom stereocenters.